The fraction of sp³-hybridized carbons (Fsp3) is 0.417. The van der Waals surface area contributed by atoms with Gasteiger partial charge in [0.2, 0.25) is 11.8 Å². The van der Waals surface area contributed by atoms with Crippen LogP contribution in [-0.2, 0) is 13.6 Å². The van der Waals surface area contributed by atoms with Crippen molar-refractivity contribution in [1.82, 2.24) is 19.5 Å². The van der Waals surface area contributed by atoms with Gasteiger partial charge in [0.15, 0.2) is 0 Å². The molecule has 0 unspecified atom stereocenters. The SMILES string of the molecule is CCCOc1ccnc(NCc2nccn2C)n1. The highest BCUT2D eigenvalue weighted by molar-refractivity contribution is 5.27. The van der Waals surface area contributed by atoms with E-state index < -0.39 is 0 Å². The molecule has 0 aromatic carbocycles. The van der Waals surface area contributed by atoms with Gasteiger partial charge < -0.3 is 14.6 Å². The van der Waals surface area contributed by atoms with Gasteiger partial charge in [-0.05, 0) is 6.42 Å². The molecule has 96 valence electrons. The summed E-state index contributed by atoms with van der Waals surface area (Å²) in [5.41, 5.74) is 0. The molecule has 0 spiro atoms. The lowest BCUT2D eigenvalue weighted by atomic mass is 10.5. The van der Waals surface area contributed by atoms with E-state index in [1.54, 1.807) is 18.5 Å². The lowest BCUT2D eigenvalue weighted by molar-refractivity contribution is 0.305. The summed E-state index contributed by atoms with van der Waals surface area (Å²) < 4.78 is 7.39. The summed E-state index contributed by atoms with van der Waals surface area (Å²) >= 11 is 0. The smallest absolute Gasteiger partial charge is 0.226 e. The topological polar surface area (TPSA) is 64.9 Å². The average Bonchev–Trinajstić information content (AvgIpc) is 2.80. The molecule has 2 aromatic heterocycles. The molecule has 1 N–H and O–H groups in total. The van der Waals surface area contributed by atoms with E-state index in [1.807, 2.05) is 17.8 Å². The van der Waals surface area contributed by atoms with Crippen molar-refractivity contribution in [2.75, 3.05) is 11.9 Å². The molecule has 0 radical (unpaired) electrons. The second-order valence-electron chi connectivity index (χ2n) is 3.87. The van der Waals surface area contributed by atoms with Gasteiger partial charge in [0.25, 0.3) is 0 Å². The maximum absolute atomic E-state index is 5.44. The molecule has 2 rings (SSSR count). The van der Waals surface area contributed by atoms with Crippen LogP contribution in [0.1, 0.15) is 19.2 Å². The summed E-state index contributed by atoms with van der Waals surface area (Å²) in [7, 11) is 1.95. The largest absolute Gasteiger partial charge is 0.478 e. The monoisotopic (exact) mass is 247 g/mol. The van der Waals surface area contributed by atoms with Crippen molar-refractivity contribution >= 4 is 5.95 Å². The molecular weight excluding hydrogens is 230 g/mol. The minimum absolute atomic E-state index is 0.548. The zero-order chi connectivity index (χ0) is 12.8. The molecule has 0 atom stereocenters. The van der Waals surface area contributed by atoms with E-state index in [0.717, 1.165) is 12.2 Å². The van der Waals surface area contributed by atoms with Crippen LogP contribution in [0.3, 0.4) is 0 Å². The van der Waals surface area contributed by atoms with Crippen LogP contribution >= 0.6 is 0 Å². The highest BCUT2D eigenvalue weighted by Gasteiger charge is 2.02. The molecule has 0 aliphatic carbocycles. The van der Waals surface area contributed by atoms with Crippen LogP contribution in [0.4, 0.5) is 5.95 Å². The molecule has 0 aliphatic heterocycles. The Hall–Kier alpha value is -2.11. The first-order valence-electron chi connectivity index (χ1n) is 5.95. The van der Waals surface area contributed by atoms with E-state index in [2.05, 4.69) is 27.2 Å². The summed E-state index contributed by atoms with van der Waals surface area (Å²) in [6, 6.07) is 1.75. The number of anilines is 1. The maximum Gasteiger partial charge on any atom is 0.226 e. The lowest BCUT2D eigenvalue weighted by Crippen LogP contribution is -2.08. The Kier molecular flexibility index (Phi) is 4.11. The predicted octanol–water partition coefficient (Wildman–Crippen LogP) is 1.61. The molecule has 0 aliphatic rings. The molecule has 6 heteroatoms. The van der Waals surface area contributed by atoms with E-state index in [0.29, 0.717) is 25.0 Å². The predicted molar refractivity (Wildman–Crippen MR) is 68.4 cm³/mol. The van der Waals surface area contributed by atoms with Crippen LogP contribution in [0.2, 0.25) is 0 Å². The second kappa shape index (κ2) is 6.00. The number of imidazole rings is 1. The highest BCUT2D eigenvalue weighted by Crippen LogP contribution is 2.09. The van der Waals surface area contributed by atoms with E-state index in [-0.39, 0.29) is 0 Å². The number of nitrogens with zero attached hydrogens (tertiary/aromatic N) is 4. The van der Waals surface area contributed by atoms with Gasteiger partial charge in [-0.3, -0.25) is 0 Å². The van der Waals surface area contributed by atoms with Crippen molar-refractivity contribution in [3.63, 3.8) is 0 Å². The Balaban J connectivity index is 1.95. The highest BCUT2D eigenvalue weighted by atomic mass is 16.5. The van der Waals surface area contributed by atoms with Crippen molar-refractivity contribution in [2.45, 2.75) is 19.9 Å². The third kappa shape index (κ3) is 3.19. The molecule has 0 saturated carbocycles. The third-order valence-electron chi connectivity index (χ3n) is 2.41. The molecule has 0 fully saturated rings. The number of ether oxygens (including phenoxy) is 1. The number of aromatic nitrogens is 4. The minimum atomic E-state index is 0.548. The van der Waals surface area contributed by atoms with Crippen molar-refractivity contribution in [2.24, 2.45) is 7.05 Å². The Morgan fingerprint density at radius 1 is 1.33 bits per heavy atom. The Morgan fingerprint density at radius 2 is 2.22 bits per heavy atom. The van der Waals surface area contributed by atoms with Gasteiger partial charge in [0.1, 0.15) is 5.82 Å². The van der Waals surface area contributed by atoms with Gasteiger partial charge >= 0.3 is 0 Å². The molecule has 2 aromatic rings. The van der Waals surface area contributed by atoms with E-state index in [9.17, 15) is 0 Å². The average molecular weight is 247 g/mol. The van der Waals surface area contributed by atoms with E-state index >= 15 is 0 Å². The summed E-state index contributed by atoms with van der Waals surface area (Å²) in [6.45, 7) is 3.30. The fourth-order valence-corrected chi connectivity index (χ4v) is 1.44. The van der Waals surface area contributed by atoms with Crippen molar-refractivity contribution in [3.05, 3.63) is 30.5 Å². The summed E-state index contributed by atoms with van der Waals surface area (Å²) in [5, 5.41) is 3.12. The number of aryl methyl sites for hydroxylation is 1. The second-order valence-corrected chi connectivity index (χ2v) is 3.87. The van der Waals surface area contributed by atoms with Crippen molar-refractivity contribution in [1.29, 1.82) is 0 Å². The van der Waals surface area contributed by atoms with Crippen LogP contribution < -0.4 is 10.1 Å². The molecule has 0 amide bonds. The summed E-state index contributed by atoms with van der Waals surface area (Å²) in [4.78, 5) is 12.6. The normalized spacial score (nSPS) is 10.3. The molecule has 18 heavy (non-hydrogen) atoms. The standard InChI is InChI=1S/C12H17N5O/c1-3-8-18-11-4-5-14-12(16-11)15-9-10-13-6-7-17(10)2/h4-7H,3,8-9H2,1-2H3,(H,14,15,16). The van der Waals surface area contributed by atoms with Crippen molar-refractivity contribution in [3.8, 4) is 5.88 Å². The van der Waals surface area contributed by atoms with Gasteiger partial charge in [-0.25, -0.2) is 9.97 Å². The van der Waals surface area contributed by atoms with Gasteiger partial charge in [-0.15, -0.1) is 0 Å². The zero-order valence-electron chi connectivity index (χ0n) is 10.6. The van der Waals surface area contributed by atoms with Crippen LogP contribution in [0.25, 0.3) is 0 Å². The molecule has 0 bridgehead atoms. The van der Waals surface area contributed by atoms with Gasteiger partial charge in [-0.1, -0.05) is 6.92 Å². The van der Waals surface area contributed by atoms with E-state index in [1.165, 1.54) is 0 Å². The molecule has 0 saturated heterocycles. The van der Waals surface area contributed by atoms with Gasteiger partial charge in [0.05, 0.1) is 13.2 Å². The summed E-state index contributed by atoms with van der Waals surface area (Å²) in [5.74, 6) is 2.07. The van der Waals surface area contributed by atoms with Crippen molar-refractivity contribution < 1.29 is 4.74 Å². The first-order chi connectivity index (χ1) is 8.79. The quantitative estimate of drug-likeness (QED) is 0.840. The Bertz CT molecular complexity index is 497. The van der Waals surface area contributed by atoms with Crippen LogP contribution in [0.15, 0.2) is 24.7 Å². The number of hydrogen-bond acceptors (Lipinski definition) is 5. The van der Waals surface area contributed by atoms with Gasteiger partial charge in [0, 0.05) is 31.7 Å². The molecule has 6 nitrogen and oxygen atoms in total. The van der Waals surface area contributed by atoms with Crippen LogP contribution in [-0.4, -0.2) is 26.1 Å². The zero-order valence-corrected chi connectivity index (χ0v) is 10.6. The lowest BCUT2D eigenvalue weighted by Gasteiger charge is -2.07. The van der Waals surface area contributed by atoms with E-state index in [4.69, 9.17) is 4.74 Å². The first kappa shape index (κ1) is 12.3. The maximum atomic E-state index is 5.44. The Morgan fingerprint density at radius 3 is 2.94 bits per heavy atom. The van der Waals surface area contributed by atoms with Crippen LogP contribution in [0.5, 0.6) is 5.88 Å². The molecule has 2 heterocycles. The minimum Gasteiger partial charge on any atom is -0.478 e. The number of hydrogen-bond donors (Lipinski definition) is 1. The number of nitrogens with one attached hydrogen (secondary N) is 1. The fourth-order valence-electron chi connectivity index (χ4n) is 1.44. The molecular formula is C12H17N5O. The first-order valence-corrected chi connectivity index (χ1v) is 5.95. The third-order valence-corrected chi connectivity index (χ3v) is 2.41. The summed E-state index contributed by atoms with van der Waals surface area (Å²) in [6.07, 6.45) is 6.30. The van der Waals surface area contributed by atoms with Gasteiger partial charge in [-0.2, -0.15) is 4.98 Å². The Labute approximate surface area is 106 Å². The number of rotatable bonds is 6. The van der Waals surface area contributed by atoms with Crippen LogP contribution in [0, 0.1) is 0 Å².